The van der Waals surface area contributed by atoms with Crippen LogP contribution in [0.25, 0.3) is 11.3 Å². The predicted molar refractivity (Wildman–Crippen MR) is 85.9 cm³/mol. The number of aliphatic hydroxyl groups excluding tert-OH is 1. The van der Waals surface area contributed by atoms with Gasteiger partial charge in [0.05, 0.1) is 23.1 Å². The van der Waals surface area contributed by atoms with E-state index in [1.807, 2.05) is 6.07 Å². The Morgan fingerprint density at radius 1 is 1.17 bits per heavy atom. The van der Waals surface area contributed by atoms with Crippen LogP contribution in [-0.4, -0.2) is 22.2 Å². The van der Waals surface area contributed by atoms with E-state index >= 15 is 0 Å². The number of rotatable bonds is 5. The molecule has 0 bridgehead atoms. The molecule has 23 heavy (non-hydrogen) atoms. The van der Waals surface area contributed by atoms with Gasteiger partial charge < -0.3 is 14.8 Å². The molecule has 0 aliphatic heterocycles. The minimum atomic E-state index is -0.400. The number of benzene rings is 1. The summed E-state index contributed by atoms with van der Waals surface area (Å²) >= 11 is 0. The van der Waals surface area contributed by atoms with Gasteiger partial charge in [-0.25, -0.2) is 0 Å². The Balaban J connectivity index is 1.66. The molecular formula is C17H20N2O4. The van der Waals surface area contributed by atoms with Crippen LogP contribution in [0, 0.1) is 10.1 Å². The number of nitrogens with zero attached hydrogens (tertiary/aromatic N) is 1. The third-order valence-corrected chi connectivity index (χ3v) is 4.29. The number of hydrogen-bond acceptors (Lipinski definition) is 5. The predicted octanol–water partition coefficient (Wildman–Crippen LogP) is 3.25. The summed E-state index contributed by atoms with van der Waals surface area (Å²) in [5.41, 5.74) is 0.534. The molecule has 6 heteroatoms. The molecule has 122 valence electrons. The lowest BCUT2D eigenvalue weighted by Crippen LogP contribution is -2.34. The molecule has 2 N–H and O–H groups in total. The molecule has 0 atom stereocenters. The second-order valence-electron chi connectivity index (χ2n) is 5.93. The van der Waals surface area contributed by atoms with Gasteiger partial charge >= 0.3 is 0 Å². The van der Waals surface area contributed by atoms with Crippen LogP contribution in [-0.2, 0) is 6.54 Å². The summed E-state index contributed by atoms with van der Waals surface area (Å²) in [7, 11) is 0. The van der Waals surface area contributed by atoms with Gasteiger partial charge in [0.2, 0.25) is 0 Å². The SMILES string of the molecule is O=[N+]([O-])c1ccccc1-c1ccc(CNC2CCC(O)CC2)o1. The van der Waals surface area contributed by atoms with Crippen molar-refractivity contribution in [3.8, 4) is 11.3 Å². The monoisotopic (exact) mass is 316 g/mol. The van der Waals surface area contributed by atoms with Gasteiger partial charge in [0.15, 0.2) is 0 Å². The molecule has 3 rings (SSSR count). The van der Waals surface area contributed by atoms with Gasteiger partial charge in [0.25, 0.3) is 5.69 Å². The topological polar surface area (TPSA) is 88.5 Å². The molecule has 0 saturated heterocycles. The summed E-state index contributed by atoms with van der Waals surface area (Å²) in [5, 5.41) is 24.0. The molecule has 1 aromatic carbocycles. The molecule has 1 saturated carbocycles. The van der Waals surface area contributed by atoms with Gasteiger partial charge in [0.1, 0.15) is 11.5 Å². The Labute approximate surface area is 134 Å². The van der Waals surface area contributed by atoms with Crippen molar-refractivity contribution in [2.45, 2.75) is 44.4 Å². The van der Waals surface area contributed by atoms with Crippen molar-refractivity contribution in [3.05, 3.63) is 52.3 Å². The second-order valence-corrected chi connectivity index (χ2v) is 5.93. The van der Waals surface area contributed by atoms with Crippen molar-refractivity contribution in [1.29, 1.82) is 0 Å². The molecule has 1 aromatic heterocycles. The van der Waals surface area contributed by atoms with E-state index in [0.717, 1.165) is 31.4 Å². The van der Waals surface area contributed by atoms with Crippen molar-refractivity contribution >= 4 is 5.69 Å². The zero-order valence-corrected chi connectivity index (χ0v) is 12.8. The molecule has 0 unspecified atom stereocenters. The van der Waals surface area contributed by atoms with Gasteiger partial charge in [-0.1, -0.05) is 12.1 Å². The largest absolute Gasteiger partial charge is 0.459 e. The quantitative estimate of drug-likeness (QED) is 0.653. The Hall–Kier alpha value is -2.18. The maximum atomic E-state index is 11.1. The van der Waals surface area contributed by atoms with Crippen molar-refractivity contribution < 1.29 is 14.4 Å². The normalized spacial score (nSPS) is 21.3. The average Bonchev–Trinajstić information content (AvgIpc) is 3.03. The average molecular weight is 316 g/mol. The van der Waals surface area contributed by atoms with Crippen molar-refractivity contribution in [2.75, 3.05) is 0 Å². The molecule has 1 fully saturated rings. The third-order valence-electron chi connectivity index (χ3n) is 4.29. The molecule has 0 spiro atoms. The molecule has 1 aliphatic carbocycles. The minimum absolute atomic E-state index is 0.0441. The molecular weight excluding hydrogens is 296 g/mol. The van der Waals surface area contributed by atoms with E-state index in [4.69, 9.17) is 4.42 Å². The van der Waals surface area contributed by atoms with E-state index in [0.29, 0.717) is 23.9 Å². The first-order valence-electron chi connectivity index (χ1n) is 7.87. The first-order chi connectivity index (χ1) is 11.1. The Kier molecular flexibility index (Phi) is 4.73. The number of furan rings is 1. The van der Waals surface area contributed by atoms with Crippen LogP contribution in [0.3, 0.4) is 0 Å². The highest BCUT2D eigenvalue weighted by atomic mass is 16.6. The van der Waals surface area contributed by atoms with Crippen molar-refractivity contribution in [1.82, 2.24) is 5.32 Å². The van der Waals surface area contributed by atoms with Gasteiger partial charge in [0, 0.05) is 12.1 Å². The summed E-state index contributed by atoms with van der Waals surface area (Å²) in [4.78, 5) is 10.7. The lowest BCUT2D eigenvalue weighted by molar-refractivity contribution is -0.384. The summed E-state index contributed by atoms with van der Waals surface area (Å²) in [5.74, 6) is 1.26. The van der Waals surface area contributed by atoms with Crippen LogP contribution in [0.2, 0.25) is 0 Å². The third kappa shape index (κ3) is 3.78. The van der Waals surface area contributed by atoms with E-state index in [1.165, 1.54) is 6.07 Å². The van der Waals surface area contributed by atoms with Crippen LogP contribution >= 0.6 is 0 Å². The molecule has 0 radical (unpaired) electrons. The lowest BCUT2D eigenvalue weighted by Gasteiger charge is -2.25. The number of aliphatic hydroxyl groups is 1. The maximum absolute atomic E-state index is 11.1. The zero-order chi connectivity index (χ0) is 16.2. The van der Waals surface area contributed by atoms with Crippen LogP contribution < -0.4 is 5.32 Å². The lowest BCUT2D eigenvalue weighted by atomic mass is 9.93. The smallest absolute Gasteiger partial charge is 0.280 e. The number of nitro groups is 1. The highest BCUT2D eigenvalue weighted by Gasteiger charge is 2.20. The molecule has 6 nitrogen and oxygen atoms in total. The first-order valence-corrected chi connectivity index (χ1v) is 7.87. The summed E-state index contributed by atoms with van der Waals surface area (Å²) in [6.07, 6.45) is 3.41. The maximum Gasteiger partial charge on any atom is 0.280 e. The Morgan fingerprint density at radius 3 is 2.65 bits per heavy atom. The Morgan fingerprint density at radius 2 is 1.91 bits per heavy atom. The summed E-state index contributed by atoms with van der Waals surface area (Å²) in [6.45, 7) is 0.585. The fraction of sp³-hybridized carbons (Fsp3) is 0.412. The number of nitrogens with one attached hydrogen (secondary N) is 1. The van der Waals surface area contributed by atoms with Crippen LogP contribution in [0.4, 0.5) is 5.69 Å². The van der Waals surface area contributed by atoms with Crippen LogP contribution in [0.1, 0.15) is 31.4 Å². The van der Waals surface area contributed by atoms with Crippen molar-refractivity contribution in [2.24, 2.45) is 0 Å². The van der Waals surface area contributed by atoms with Crippen LogP contribution in [0.5, 0.6) is 0 Å². The van der Waals surface area contributed by atoms with E-state index in [2.05, 4.69) is 5.32 Å². The fourth-order valence-corrected chi connectivity index (χ4v) is 2.98. The molecule has 1 heterocycles. The highest BCUT2D eigenvalue weighted by molar-refractivity contribution is 5.69. The molecule has 1 aliphatic rings. The van der Waals surface area contributed by atoms with Gasteiger partial charge in [-0.15, -0.1) is 0 Å². The van der Waals surface area contributed by atoms with Gasteiger partial charge in [-0.05, 0) is 43.9 Å². The standard InChI is InChI=1S/C17H20N2O4/c20-13-7-5-12(6-8-13)18-11-14-9-10-17(23-14)15-3-1-2-4-16(15)19(21)22/h1-4,9-10,12-13,18,20H,5-8,11H2. The van der Waals surface area contributed by atoms with Gasteiger partial charge in [-0.3, -0.25) is 10.1 Å². The van der Waals surface area contributed by atoms with Crippen molar-refractivity contribution in [3.63, 3.8) is 0 Å². The fourth-order valence-electron chi connectivity index (χ4n) is 2.98. The Bertz CT molecular complexity index is 675. The number of hydrogen-bond donors (Lipinski definition) is 2. The summed E-state index contributed by atoms with van der Waals surface area (Å²) < 4.78 is 5.76. The first kappa shape index (κ1) is 15.7. The van der Waals surface area contributed by atoms with E-state index in [1.54, 1.807) is 24.3 Å². The number of para-hydroxylation sites is 1. The summed E-state index contributed by atoms with van der Waals surface area (Å²) in [6, 6.07) is 10.6. The second kappa shape index (κ2) is 6.93. The molecule has 2 aromatic rings. The zero-order valence-electron chi connectivity index (χ0n) is 12.8. The highest BCUT2D eigenvalue weighted by Crippen LogP contribution is 2.31. The van der Waals surface area contributed by atoms with Crippen LogP contribution in [0.15, 0.2) is 40.8 Å². The molecule has 0 amide bonds. The van der Waals surface area contributed by atoms with E-state index < -0.39 is 4.92 Å². The number of nitro benzene ring substituents is 1. The van der Waals surface area contributed by atoms with E-state index in [-0.39, 0.29) is 11.8 Å². The van der Waals surface area contributed by atoms with E-state index in [9.17, 15) is 15.2 Å². The van der Waals surface area contributed by atoms with Gasteiger partial charge in [-0.2, -0.15) is 0 Å². The minimum Gasteiger partial charge on any atom is -0.459 e.